The van der Waals surface area contributed by atoms with Gasteiger partial charge in [-0.3, -0.25) is 0 Å². The number of benzene rings is 1. The van der Waals surface area contributed by atoms with Crippen molar-refractivity contribution in [1.29, 1.82) is 0 Å². The molecule has 0 saturated carbocycles. The lowest BCUT2D eigenvalue weighted by Gasteiger charge is -2.20. The van der Waals surface area contributed by atoms with E-state index in [4.69, 9.17) is 4.74 Å². The van der Waals surface area contributed by atoms with Gasteiger partial charge in [0.25, 0.3) is 0 Å². The van der Waals surface area contributed by atoms with Gasteiger partial charge in [-0.15, -0.1) is 0 Å². The topological polar surface area (TPSA) is 62.8 Å². The van der Waals surface area contributed by atoms with Crippen molar-refractivity contribution in [3.63, 3.8) is 0 Å². The zero-order valence-corrected chi connectivity index (χ0v) is 12.1. The molecule has 0 unspecified atom stereocenters. The molecule has 1 aliphatic rings. The molecule has 2 N–H and O–H groups in total. The maximum absolute atomic E-state index is 5.78. The molecule has 0 radical (unpaired) electrons. The first-order valence-electron chi connectivity index (χ1n) is 6.32. The van der Waals surface area contributed by atoms with E-state index in [1.807, 2.05) is 24.3 Å². The molecular formula is C14H11BrN4O. The Morgan fingerprint density at radius 3 is 3.20 bits per heavy atom. The molecule has 0 saturated heterocycles. The van der Waals surface area contributed by atoms with Gasteiger partial charge in [0.1, 0.15) is 12.4 Å². The molecular weight excluding hydrogens is 320 g/mol. The monoisotopic (exact) mass is 330 g/mol. The minimum Gasteiger partial charge on any atom is -0.489 e. The first kappa shape index (κ1) is 11.7. The molecule has 0 fully saturated rings. The van der Waals surface area contributed by atoms with Crippen molar-refractivity contribution in [3.8, 4) is 17.1 Å². The maximum atomic E-state index is 5.78. The Hall–Kier alpha value is -2.08. The zero-order valence-electron chi connectivity index (χ0n) is 10.5. The van der Waals surface area contributed by atoms with Crippen LogP contribution < -0.4 is 10.1 Å². The van der Waals surface area contributed by atoms with Crippen LogP contribution in [0.1, 0.15) is 0 Å². The van der Waals surface area contributed by atoms with Crippen molar-refractivity contribution in [2.75, 3.05) is 18.5 Å². The Morgan fingerprint density at radius 2 is 2.25 bits per heavy atom. The highest BCUT2D eigenvalue weighted by atomic mass is 79.9. The molecule has 20 heavy (non-hydrogen) atoms. The second kappa shape index (κ2) is 4.49. The molecule has 1 aliphatic heterocycles. The van der Waals surface area contributed by atoms with Crippen LogP contribution in [0.2, 0.25) is 0 Å². The van der Waals surface area contributed by atoms with E-state index in [0.717, 1.165) is 39.4 Å². The minimum absolute atomic E-state index is 0.661. The summed E-state index contributed by atoms with van der Waals surface area (Å²) in [6.07, 6.45) is 1.74. The third-order valence-electron chi connectivity index (χ3n) is 3.24. The fourth-order valence-corrected chi connectivity index (χ4v) is 2.69. The highest BCUT2D eigenvalue weighted by Gasteiger charge is 2.17. The first-order chi connectivity index (χ1) is 9.81. The molecule has 1 aromatic carbocycles. The summed E-state index contributed by atoms with van der Waals surface area (Å²) in [4.78, 5) is 12.1. The molecule has 4 rings (SSSR count). The summed E-state index contributed by atoms with van der Waals surface area (Å²) in [5.74, 6) is 1.61. The lowest BCUT2D eigenvalue weighted by atomic mass is 10.1. The highest BCUT2D eigenvalue weighted by Crippen LogP contribution is 2.37. The van der Waals surface area contributed by atoms with Crippen molar-refractivity contribution >= 4 is 32.8 Å². The van der Waals surface area contributed by atoms with Crippen molar-refractivity contribution in [1.82, 2.24) is 15.0 Å². The number of halogens is 1. The number of fused-ring (bicyclic) bond motifs is 2. The summed E-state index contributed by atoms with van der Waals surface area (Å²) in [5, 5.41) is 3.33. The van der Waals surface area contributed by atoms with E-state index in [1.165, 1.54) is 0 Å². The van der Waals surface area contributed by atoms with E-state index < -0.39 is 0 Å². The largest absolute Gasteiger partial charge is 0.489 e. The van der Waals surface area contributed by atoms with Crippen molar-refractivity contribution in [3.05, 3.63) is 34.9 Å². The van der Waals surface area contributed by atoms with Crippen molar-refractivity contribution in [2.45, 2.75) is 0 Å². The molecule has 2 aromatic heterocycles. The quantitative estimate of drug-likeness (QED) is 0.719. The molecule has 0 amide bonds. The number of H-pyrrole nitrogens is 1. The summed E-state index contributed by atoms with van der Waals surface area (Å²) in [7, 11) is 0. The number of pyridine rings is 1. The van der Waals surface area contributed by atoms with Gasteiger partial charge in [-0.25, -0.2) is 9.97 Å². The van der Waals surface area contributed by atoms with Crippen LogP contribution in [0.15, 0.2) is 34.9 Å². The van der Waals surface area contributed by atoms with Crippen LogP contribution in [0.4, 0.5) is 5.69 Å². The molecule has 0 bridgehead atoms. The number of imidazole rings is 1. The predicted octanol–water partition coefficient (Wildman–Crippen LogP) is 3.19. The number of para-hydroxylation sites is 1. The van der Waals surface area contributed by atoms with E-state index in [9.17, 15) is 0 Å². The fraction of sp³-hybridized carbons (Fsp3) is 0.143. The third kappa shape index (κ3) is 1.84. The van der Waals surface area contributed by atoms with Gasteiger partial charge in [-0.1, -0.05) is 6.07 Å². The van der Waals surface area contributed by atoms with Crippen LogP contribution >= 0.6 is 15.9 Å². The van der Waals surface area contributed by atoms with Crippen LogP contribution in [0, 0.1) is 0 Å². The number of anilines is 1. The van der Waals surface area contributed by atoms with Gasteiger partial charge in [-0.05, 0) is 34.1 Å². The fourth-order valence-electron chi connectivity index (χ4n) is 2.36. The average molecular weight is 331 g/mol. The number of ether oxygens (including phenoxy) is 1. The smallest absolute Gasteiger partial charge is 0.178 e. The number of aromatic amines is 1. The standard InChI is InChI=1S/C14H11BrN4O/c15-8-6-11-14(17-7-8)19-13(18-11)9-2-1-3-10-12(9)20-5-4-16-10/h1-3,6-7,16H,4-5H2,(H,17,18,19). The number of nitrogens with zero attached hydrogens (tertiary/aromatic N) is 2. The normalized spacial score (nSPS) is 13.7. The second-order valence-corrected chi connectivity index (χ2v) is 5.48. The van der Waals surface area contributed by atoms with E-state index >= 15 is 0 Å². The van der Waals surface area contributed by atoms with E-state index in [0.29, 0.717) is 12.3 Å². The van der Waals surface area contributed by atoms with Crippen LogP contribution in [-0.4, -0.2) is 28.1 Å². The lowest BCUT2D eigenvalue weighted by molar-refractivity contribution is 0.324. The average Bonchev–Trinajstić information content (AvgIpc) is 2.89. The highest BCUT2D eigenvalue weighted by molar-refractivity contribution is 9.10. The number of hydrogen-bond donors (Lipinski definition) is 2. The Bertz CT molecular complexity index is 799. The SMILES string of the molecule is Brc1cnc2nc(-c3cccc4c3OCCN4)[nH]c2c1. The van der Waals surface area contributed by atoms with Crippen LogP contribution in [0.3, 0.4) is 0 Å². The number of rotatable bonds is 1. The summed E-state index contributed by atoms with van der Waals surface area (Å²) in [5.41, 5.74) is 3.55. The summed E-state index contributed by atoms with van der Waals surface area (Å²) in [6, 6.07) is 7.97. The van der Waals surface area contributed by atoms with Gasteiger partial charge in [0.15, 0.2) is 11.4 Å². The van der Waals surface area contributed by atoms with Gasteiger partial charge in [0.05, 0.1) is 16.8 Å². The zero-order chi connectivity index (χ0) is 13.5. The number of nitrogens with one attached hydrogen (secondary N) is 2. The van der Waals surface area contributed by atoms with E-state index in [1.54, 1.807) is 6.20 Å². The molecule has 0 spiro atoms. The number of hydrogen-bond acceptors (Lipinski definition) is 4. The summed E-state index contributed by atoms with van der Waals surface area (Å²) in [6.45, 7) is 1.49. The van der Waals surface area contributed by atoms with E-state index in [2.05, 4.69) is 36.2 Å². The van der Waals surface area contributed by atoms with Crippen LogP contribution in [0.25, 0.3) is 22.6 Å². The van der Waals surface area contributed by atoms with Crippen LogP contribution in [-0.2, 0) is 0 Å². The molecule has 3 heterocycles. The Labute approximate surface area is 123 Å². The summed E-state index contributed by atoms with van der Waals surface area (Å²) >= 11 is 3.41. The predicted molar refractivity (Wildman–Crippen MR) is 81.0 cm³/mol. The van der Waals surface area contributed by atoms with Crippen molar-refractivity contribution < 1.29 is 4.74 Å². The van der Waals surface area contributed by atoms with Gasteiger partial charge < -0.3 is 15.0 Å². The number of aromatic nitrogens is 3. The van der Waals surface area contributed by atoms with Gasteiger partial charge in [0.2, 0.25) is 0 Å². The Morgan fingerprint density at radius 1 is 1.30 bits per heavy atom. The lowest BCUT2D eigenvalue weighted by Crippen LogP contribution is -2.18. The Balaban J connectivity index is 1.90. The molecule has 0 atom stereocenters. The first-order valence-corrected chi connectivity index (χ1v) is 7.12. The Kier molecular flexibility index (Phi) is 2.63. The molecule has 6 heteroatoms. The summed E-state index contributed by atoms with van der Waals surface area (Å²) < 4.78 is 6.70. The molecule has 0 aliphatic carbocycles. The van der Waals surface area contributed by atoms with Crippen molar-refractivity contribution in [2.24, 2.45) is 0 Å². The second-order valence-electron chi connectivity index (χ2n) is 4.57. The minimum atomic E-state index is 0.661. The van der Waals surface area contributed by atoms with Gasteiger partial charge >= 0.3 is 0 Å². The molecule has 100 valence electrons. The van der Waals surface area contributed by atoms with Gasteiger partial charge in [-0.2, -0.15) is 0 Å². The van der Waals surface area contributed by atoms with E-state index in [-0.39, 0.29) is 0 Å². The third-order valence-corrected chi connectivity index (χ3v) is 3.67. The molecule has 5 nitrogen and oxygen atoms in total. The van der Waals surface area contributed by atoms with Gasteiger partial charge in [0, 0.05) is 17.2 Å². The molecule has 3 aromatic rings. The van der Waals surface area contributed by atoms with Crippen LogP contribution in [0.5, 0.6) is 5.75 Å². The maximum Gasteiger partial charge on any atom is 0.178 e.